The Balaban J connectivity index is 1.24. The van der Waals surface area contributed by atoms with E-state index < -0.39 is 0 Å². The topological polar surface area (TPSA) is 56.1 Å². The first-order chi connectivity index (χ1) is 16.6. The first-order valence-corrected chi connectivity index (χ1v) is 11.4. The minimum atomic E-state index is -0.279. The summed E-state index contributed by atoms with van der Waals surface area (Å²) in [6.45, 7) is 2.62. The van der Waals surface area contributed by atoms with Crippen LogP contribution in [0, 0.1) is 11.7 Å². The van der Waals surface area contributed by atoms with Crippen LogP contribution >= 0.6 is 0 Å². The fraction of sp³-hybridized carbons (Fsp3) is 0.259. The maximum absolute atomic E-state index is 13.3. The van der Waals surface area contributed by atoms with Gasteiger partial charge >= 0.3 is 0 Å². The van der Waals surface area contributed by atoms with Crippen molar-refractivity contribution in [3.63, 3.8) is 0 Å². The van der Waals surface area contributed by atoms with E-state index in [-0.39, 0.29) is 17.6 Å². The molecule has 6 nitrogen and oxygen atoms in total. The first-order valence-electron chi connectivity index (χ1n) is 11.4. The Morgan fingerprint density at radius 1 is 1.12 bits per heavy atom. The van der Waals surface area contributed by atoms with Crippen molar-refractivity contribution in [2.75, 3.05) is 26.3 Å². The number of pyridine rings is 1. The molecule has 1 atom stereocenters. The molecule has 0 aliphatic carbocycles. The van der Waals surface area contributed by atoms with E-state index in [1.807, 2.05) is 33.7 Å². The minimum absolute atomic E-state index is 0.0345. The molecule has 3 heterocycles. The van der Waals surface area contributed by atoms with E-state index in [0.29, 0.717) is 44.2 Å². The van der Waals surface area contributed by atoms with Crippen molar-refractivity contribution in [3.05, 3.63) is 102 Å². The van der Waals surface area contributed by atoms with Crippen molar-refractivity contribution in [3.8, 4) is 5.75 Å². The first kappa shape index (κ1) is 22.1. The maximum Gasteiger partial charge on any atom is 0.254 e. The number of halogens is 1. The van der Waals surface area contributed by atoms with Gasteiger partial charge in [0.1, 0.15) is 23.8 Å². The summed E-state index contributed by atoms with van der Waals surface area (Å²) >= 11 is 0. The predicted octanol–water partition coefficient (Wildman–Crippen LogP) is 4.38. The average Bonchev–Trinajstić information content (AvgIpc) is 3.20. The fourth-order valence-electron chi connectivity index (χ4n) is 4.26. The lowest BCUT2D eigenvalue weighted by Crippen LogP contribution is -2.36. The molecule has 2 aromatic heterocycles. The Morgan fingerprint density at radius 2 is 1.97 bits per heavy atom. The van der Waals surface area contributed by atoms with Crippen molar-refractivity contribution >= 4 is 11.6 Å². The Hall–Kier alpha value is -3.71. The van der Waals surface area contributed by atoms with Crippen LogP contribution in [0.25, 0.3) is 5.65 Å². The molecule has 0 saturated carbocycles. The van der Waals surface area contributed by atoms with Gasteiger partial charge in [-0.05, 0) is 53.9 Å². The van der Waals surface area contributed by atoms with Crippen molar-refractivity contribution in [2.24, 2.45) is 5.92 Å². The van der Waals surface area contributed by atoms with Crippen molar-refractivity contribution < 1.29 is 18.7 Å². The number of hydrogen-bond donors (Lipinski definition) is 0. The zero-order valence-electron chi connectivity index (χ0n) is 18.8. The number of amides is 1. The van der Waals surface area contributed by atoms with E-state index in [1.165, 1.54) is 17.7 Å². The van der Waals surface area contributed by atoms with Crippen LogP contribution in [-0.4, -0.2) is 46.5 Å². The summed E-state index contributed by atoms with van der Waals surface area (Å²) in [5.74, 6) is 0.489. The van der Waals surface area contributed by atoms with E-state index in [0.717, 1.165) is 17.6 Å². The van der Waals surface area contributed by atoms with E-state index in [4.69, 9.17) is 9.47 Å². The SMILES string of the molecule is O=C(c1cccc(OCc2ccc(F)cc2)c1)N1CCOC[C@H](Cc2ccc3nccn3c2)C1. The molecule has 0 bridgehead atoms. The van der Waals surface area contributed by atoms with E-state index >= 15 is 0 Å². The molecule has 0 radical (unpaired) electrons. The highest BCUT2D eigenvalue weighted by Gasteiger charge is 2.24. The van der Waals surface area contributed by atoms with Gasteiger partial charge in [-0.3, -0.25) is 4.79 Å². The molecule has 174 valence electrons. The molecule has 2 aromatic carbocycles. The van der Waals surface area contributed by atoms with Crippen LogP contribution in [0.3, 0.4) is 0 Å². The van der Waals surface area contributed by atoms with Gasteiger partial charge in [0.2, 0.25) is 0 Å². The van der Waals surface area contributed by atoms with Gasteiger partial charge in [-0.1, -0.05) is 24.3 Å². The second kappa shape index (κ2) is 10.1. The van der Waals surface area contributed by atoms with Crippen LogP contribution in [0.15, 0.2) is 79.3 Å². The predicted molar refractivity (Wildman–Crippen MR) is 126 cm³/mol. The highest BCUT2D eigenvalue weighted by Crippen LogP contribution is 2.20. The van der Waals surface area contributed by atoms with Crippen LogP contribution in [-0.2, 0) is 17.8 Å². The number of carbonyl (C=O) groups excluding carboxylic acids is 1. The van der Waals surface area contributed by atoms with Crippen LogP contribution in [0.4, 0.5) is 4.39 Å². The van der Waals surface area contributed by atoms with Gasteiger partial charge in [-0.25, -0.2) is 9.37 Å². The molecule has 1 amide bonds. The van der Waals surface area contributed by atoms with Crippen molar-refractivity contribution in [1.29, 1.82) is 0 Å². The molecule has 4 aromatic rings. The third-order valence-electron chi connectivity index (χ3n) is 6.00. The summed E-state index contributed by atoms with van der Waals surface area (Å²) in [6, 6.07) is 17.5. The summed E-state index contributed by atoms with van der Waals surface area (Å²) in [4.78, 5) is 19.5. The smallest absolute Gasteiger partial charge is 0.254 e. The number of carbonyl (C=O) groups is 1. The second-order valence-electron chi connectivity index (χ2n) is 8.57. The maximum atomic E-state index is 13.3. The molecule has 1 saturated heterocycles. The van der Waals surface area contributed by atoms with Gasteiger partial charge < -0.3 is 18.8 Å². The van der Waals surface area contributed by atoms with Crippen LogP contribution in [0.2, 0.25) is 0 Å². The minimum Gasteiger partial charge on any atom is -0.489 e. The Labute approximate surface area is 197 Å². The highest BCUT2D eigenvalue weighted by molar-refractivity contribution is 5.94. The number of nitrogens with zero attached hydrogens (tertiary/aromatic N) is 3. The summed E-state index contributed by atoms with van der Waals surface area (Å²) in [5.41, 5.74) is 3.54. The zero-order valence-corrected chi connectivity index (χ0v) is 18.8. The zero-order chi connectivity index (χ0) is 23.3. The van der Waals surface area contributed by atoms with Crippen LogP contribution in [0.5, 0.6) is 5.75 Å². The Kier molecular flexibility index (Phi) is 6.53. The quantitative estimate of drug-likeness (QED) is 0.429. The monoisotopic (exact) mass is 459 g/mol. The number of aromatic nitrogens is 2. The lowest BCUT2D eigenvalue weighted by atomic mass is 10.0. The standard InChI is InChI=1S/C27H26FN3O3/c28-24-7-4-20(5-8-24)19-34-25-3-1-2-23(15-25)27(32)31-12-13-33-18-22(17-31)14-21-6-9-26-29-10-11-30(26)16-21/h1-11,15-16,22H,12-14,17-19H2/t22-/m1/s1. The number of rotatable bonds is 6. The van der Waals surface area contributed by atoms with Gasteiger partial charge in [0.05, 0.1) is 13.2 Å². The molecular formula is C27H26FN3O3. The summed E-state index contributed by atoms with van der Waals surface area (Å²) in [5, 5.41) is 0. The molecular weight excluding hydrogens is 433 g/mol. The van der Waals surface area contributed by atoms with Crippen LogP contribution < -0.4 is 4.74 Å². The second-order valence-corrected chi connectivity index (χ2v) is 8.57. The van der Waals surface area contributed by atoms with Gasteiger partial charge in [0.25, 0.3) is 5.91 Å². The van der Waals surface area contributed by atoms with Crippen molar-refractivity contribution in [1.82, 2.24) is 14.3 Å². The molecule has 34 heavy (non-hydrogen) atoms. The van der Waals surface area contributed by atoms with Gasteiger partial charge in [-0.2, -0.15) is 0 Å². The summed E-state index contributed by atoms with van der Waals surface area (Å²) in [6.07, 6.45) is 6.62. The third kappa shape index (κ3) is 5.26. The largest absolute Gasteiger partial charge is 0.489 e. The summed E-state index contributed by atoms with van der Waals surface area (Å²) in [7, 11) is 0. The molecule has 0 unspecified atom stereocenters. The Bertz CT molecular complexity index is 1270. The Morgan fingerprint density at radius 3 is 2.85 bits per heavy atom. The average molecular weight is 460 g/mol. The number of fused-ring (bicyclic) bond motifs is 1. The third-order valence-corrected chi connectivity index (χ3v) is 6.00. The van der Waals surface area contributed by atoms with E-state index in [1.54, 1.807) is 30.5 Å². The molecule has 5 rings (SSSR count). The van der Waals surface area contributed by atoms with Gasteiger partial charge in [0.15, 0.2) is 0 Å². The van der Waals surface area contributed by atoms with Gasteiger partial charge in [0, 0.05) is 43.2 Å². The van der Waals surface area contributed by atoms with E-state index in [2.05, 4.69) is 17.2 Å². The van der Waals surface area contributed by atoms with Crippen LogP contribution in [0.1, 0.15) is 21.5 Å². The van der Waals surface area contributed by atoms with Gasteiger partial charge in [-0.15, -0.1) is 0 Å². The molecule has 7 heteroatoms. The molecule has 0 spiro atoms. The lowest BCUT2D eigenvalue weighted by Gasteiger charge is -2.24. The number of imidazole rings is 1. The number of ether oxygens (including phenoxy) is 2. The normalized spacial score (nSPS) is 16.4. The number of hydrogen-bond acceptors (Lipinski definition) is 4. The highest BCUT2D eigenvalue weighted by atomic mass is 19.1. The molecule has 1 aliphatic heterocycles. The molecule has 1 aliphatic rings. The van der Waals surface area contributed by atoms with Crippen molar-refractivity contribution in [2.45, 2.75) is 13.0 Å². The number of benzene rings is 2. The van der Waals surface area contributed by atoms with E-state index in [9.17, 15) is 9.18 Å². The molecule has 0 N–H and O–H groups in total. The lowest BCUT2D eigenvalue weighted by molar-refractivity contribution is 0.0737. The molecule has 1 fully saturated rings. The summed E-state index contributed by atoms with van der Waals surface area (Å²) < 4.78 is 26.8. The fourth-order valence-corrected chi connectivity index (χ4v) is 4.26.